The minimum absolute atomic E-state index is 0.0678. The minimum Gasteiger partial charge on any atom is -0.507 e. The van der Waals surface area contributed by atoms with Crippen molar-refractivity contribution < 1.29 is 29.3 Å². The number of aryl methyl sites for hydroxylation is 1. The third-order valence-electron chi connectivity index (χ3n) is 5.76. The Hall–Kier alpha value is -3.29. The zero-order chi connectivity index (χ0) is 22.7. The van der Waals surface area contributed by atoms with Crippen LogP contribution in [-0.4, -0.2) is 33.0 Å². The first kappa shape index (κ1) is 21.0. The standard InChI is InChI=1S/C24H22O7/c1-11-9-14-20(22(29)19-13(21(14)28)5-4-6-15(19)26)23-18(11)16(27)10-17(31-23)24(3,30)8-7-12(2)25/h4-6,9-10,12,25-26,30H,7-8H2,1-3H3. The van der Waals surface area contributed by atoms with Crippen LogP contribution in [0.3, 0.4) is 0 Å². The average Bonchev–Trinajstić information content (AvgIpc) is 2.69. The predicted molar refractivity (Wildman–Crippen MR) is 113 cm³/mol. The van der Waals surface area contributed by atoms with E-state index in [2.05, 4.69) is 0 Å². The molecule has 0 fully saturated rings. The van der Waals surface area contributed by atoms with Crippen LogP contribution in [0.25, 0.3) is 11.0 Å². The molecule has 0 saturated heterocycles. The molecule has 0 radical (unpaired) electrons. The summed E-state index contributed by atoms with van der Waals surface area (Å²) in [5.74, 6) is -1.49. The van der Waals surface area contributed by atoms with Gasteiger partial charge in [0.2, 0.25) is 5.78 Å². The minimum atomic E-state index is -1.58. The third-order valence-corrected chi connectivity index (χ3v) is 5.76. The number of hydrogen-bond acceptors (Lipinski definition) is 7. The first-order chi connectivity index (χ1) is 14.5. The van der Waals surface area contributed by atoms with Crippen LogP contribution >= 0.6 is 0 Å². The Balaban J connectivity index is 2.02. The summed E-state index contributed by atoms with van der Waals surface area (Å²) in [6.07, 6.45) is -0.282. The van der Waals surface area contributed by atoms with Crippen molar-refractivity contribution in [2.75, 3.05) is 0 Å². The van der Waals surface area contributed by atoms with Gasteiger partial charge in [-0.05, 0) is 51.3 Å². The van der Waals surface area contributed by atoms with Crippen molar-refractivity contribution in [1.29, 1.82) is 0 Å². The molecular formula is C24H22O7. The monoisotopic (exact) mass is 422 g/mol. The lowest BCUT2D eigenvalue weighted by atomic mass is 9.81. The molecule has 7 nitrogen and oxygen atoms in total. The maximum absolute atomic E-state index is 13.3. The van der Waals surface area contributed by atoms with Crippen molar-refractivity contribution in [2.45, 2.75) is 45.3 Å². The van der Waals surface area contributed by atoms with E-state index in [1.165, 1.54) is 37.3 Å². The van der Waals surface area contributed by atoms with Crippen molar-refractivity contribution in [1.82, 2.24) is 0 Å². The van der Waals surface area contributed by atoms with E-state index in [0.717, 1.165) is 0 Å². The van der Waals surface area contributed by atoms with Gasteiger partial charge in [-0.1, -0.05) is 12.1 Å². The Bertz CT molecular complexity index is 1310. The molecule has 1 heterocycles. The molecule has 1 aliphatic carbocycles. The lowest BCUT2D eigenvalue weighted by molar-refractivity contribution is 0.0120. The van der Waals surface area contributed by atoms with E-state index in [9.17, 15) is 29.7 Å². The zero-order valence-corrected chi connectivity index (χ0v) is 17.4. The van der Waals surface area contributed by atoms with Crippen LogP contribution < -0.4 is 5.43 Å². The molecule has 0 bridgehead atoms. The number of carbonyl (C=O) groups excluding carboxylic acids is 2. The number of benzene rings is 2. The van der Waals surface area contributed by atoms with Gasteiger partial charge in [0.1, 0.15) is 22.7 Å². The smallest absolute Gasteiger partial charge is 0.202 e. The molecule has 4 rings (SSSR count). The molecular weight excluding hydrogens is 400 g/mol. The Morgan fingerprint density at radius 1 is 1.06 bits per heavy atom. The van der Waals surface area contributed by atoms with Crippen molar-refractivity contribution in [3.05, 3.63) is 74.1 Å². The predicted octanol–water partition coefficient (Wildman–Crippen LogP) is 2.95. The van der Waals surface area contributed by atoms with Crippen molar-refractivity contribution in [3.8, 4) is 5.75 Å². The number of hydrogen-bond donors (Lipinski definition) is 3. The topological polar surface area (TPSA) is 125 Å². The number of ketones is 2. The van der Waals surface area contributed by atoms with Crippen LogP contribution in [0.4, 0.5) is 0 Å². The maximum Gasteiger partial charge on any atom is 0.202 e. The van der Waals surface area contributed by atoms with Crippen LogP contribution in [0.2, 0.25) is 0 Å². The summed E-state index contributed by atoms with van der Waals surface area (Å²) in [5.41, 5.74) is -1.76. The van der Waals surface area contributed by atoms with Crippen molar-refractivity contribution >= 4 is 22.5 Å². The SMILES string of the molecule is Cc1cc2c(c3oc(C(C)(O)CCC(C)O)cc(=O)c13)C(=O)c1c(O)cccc1C2=O. The van der Waals surface area contributed by atoms with Gasteiger partial charge >= 0.3 is 0 Å². The van der Waals surface area contributed by atoms with E-state index in [4.69, 9.17) is 4.42 Å². The molecule has 1 aromatic heterocycles. The third kappa shape index (κ3) is 3.26. The summed E-state index contributed by atoms with van der Waals surface area (Å²) in [6, 6.07) is 6.91. The Morgan fingerprint density at radius 2 is 1.77 bits per heavy atom. The molecule has 0 aliphatic heterocycles. The van der Waals surface area contributed by atoms with E-state index in [0.29, 0.717) is 5.56 Å². The van der Waals surface area contributed by atoms with Gasteiger partial charge < -0.3 is 19.7 Å². The number of phenols is 1. The molecule has 3 N–H and O–H groups in total. The molecule has 0 spiro atoms. The summed E-state index contributed by atoms with van der Waals surface area (Å²) in [4.78, 5) is 39.3. The largest absolute Gasteiger partial charge is 0.507 e. The summed E-state index contributed by atoms with van der Waals surface area (Å²) >= 11 is 0. The molecule has 1 aliphatic rings. The fourth-order valence-electron chi connectivity index (χ4n) is 4.05. The first-order valence-electron chi connectivity index (χ1n) is 9.96. The second kappa shape index (κ2) is 7.14. The van der Waals surface area contributed by atoms with Crippen LogP contribution in [0.1, 0.15) is 69.9 Å². The highest BCUT2D eigenvalue weighted by molar-refractivity contribution is 6.32. The highest BCUT2D eigenvalue weighted by atomic mass is 16.4. The number of aromatic hydroxyl groups is 1. The lowest BCUT2D eigenvalue weighted by Gasteiger charge is -2.24. The molecule has 2 atom stereocenters. The average molecular weight is 422 g/mol. The molecule has 31 heavy (non-hydrogen) atoms. The molecule has 0 amide bonds. The van der Waals surface area contributed by atoms with Gasteiger partial charge in [0.25, 0.3) is 0 Å². The summed E-state index contributed by atoms with van der Waals surface area (Å²) in [5, 5.41) is 30.8. The van der Waals surface area contributed by atoms with E-state index >= 15 is 0 Å². The van der Waals surface area contributed by atoms with Gasteiger partial charge in [0.15, 0.2) is 11.2 Å². The lowest BCUT2D eigenvalue weighted by Crippen LogP contribution is -2.26. The second-order valence-corrected chi connectivity index (χ2v) is 8.31. The van der Waals surface area contributed by atoms with Crippen molar-refractivity contribution in [3.63, 3.8) is 0 Å². The molecule has 2 unspecified atom stereocenters. The van der Waals surface area contributed by atoms with Crippen molar-refractivity contribution in [2.24, 2.45) is 0 Å². The molecule has 2 aromatic carbocycles. The van der Waals surface area contributed by atoms with Gasteiger partial charge in [0, 0.05) is 17.2 Å². The van der Waals surface area contributed by atoms with E-state index in [1.807, 2.05) is 0 Å². The summed E-state index contributed by atoms with van der Waals surface area (Å²) < 4.78 is 5.91. The molecule has 160 valence electrons. The number of aliphatic hydroxyl groups excluding tert-OH is 1. The first-order valence-corrected chi connectivity index (χ1v) is 9.96. The fourth-order valence-corrected chi connectivity index (χ4v) is 4.05. The van der Waals surface area contributed by atoms with Gasteiger partial charge in [-0.2, -0.15) is 0 Å². The maximum atomic E-state index is 13.3. The fraction of sp³-hybridized carbons (Fsp3) is 0.292. The number of phenolic OH excluding ortho intramolecular Hbond substituents is 1. The van der Waals surface area contributed by atoms with Crippen LogP contribution in [-0.2, 0) is 5.60 Å². The van der Waals surface area contributed by atoms with Gasteiger partial charge in [-0.25, -0.2) is 0 Å². The van der Waals surface area contributed by atoms with E-state index < -0.39 is 28.7 Å². The Morgan fingerprint density at radius 3 is 2.45 bits per heavy atom. The summed E-state index contributed by atoms with van der Waals surface area (Å²) in [7, 11) is 0. The Labute approximate surface area is 177 Å². The number of fused-ring (bicyclic) bond motifs is 4. The van der Waals surface area contributed by atoms with Gasteiger partial charge in [-0.3, -0.25) is 14.4 Å². The molecule has 0 saturated carbocycles. The van der Waals surface area contributed by atoms with Crippen LogP contribution in [0.5, 0.6) is 5.75 Å². The number of aliphatic hydroxyl groups is 2. The van der Waals surface area contributed by atoms with E-state index in [1.54, 1.807) is 13.8 Å². The highest BCUT2D eigenvalue weighted by Gasteiger charge is 2.36. The molecule has 3 aromatic rings. The van der Waals surface area contributed by atoms with Gasteiger partial charge in [-0.15, -0.1) is 0 Å². The zero-order valence-electron chi connectivity index (χ0n) is 17.4. The van der Waals surface area contributed by atoms with E-state index in [-0.39, 0.29) is 57.6 Å². The normalized spacial score (nSPS) is 16.0. The van der Waals surface area contributed by atoms with Crippen LogP contribution in [0, 0.1) is 6.92 Å². The second-order valence-electron chi connectivity index (χ2n) is 8.31. The van der Waals surface area contributed by atoms with Crippen LogP contribution in [0.15, 0.2) is 39.5 Å². The number of carbonyl (C=O) groups is 2. The highest BCUT2D eigenvalue weighted by Crippen LogP contribution is 2.38. The summed E-state index contributed by atoms with van der Waals surface area (Å²) in [6.45, 7) is 4.68. The quantitative estimate of drug-likeness (QED) is 0.462. The Kier molecular flexibility index (Phi) is 4.83. The molecule has 7 heteroatoms. The van der Waals surface area contributed by atoms with Gasteiger partial charge in [0.05, 0.1) is 22.6 Å². The number of rotatable bonds is 4.